The predicted molar refractivity (Wildman–Crippen MR) is 123 cm³/mol. The number of nitrogens with one attached hydrogen (secondary N) is 1. The number of carbonyl (C=O) groups is 1. The van der Waals surface area contributed by atoms with Gasteiger partial charge in [-0.25, -0.2) is 17.8 Å². The normalized spacial score (nSPS) is 20.9. The second-order valence-electron chi connectivity index (χ2n) is 8.48. The van der Waals surface area contributed by atoms with Crippen molar-refractivity contribution in [3.63, 3.8) is 0 Å². The molecule has 0 saturated carbocycles. The summed E-state index contributed by atoms with van der Waals surface area (Å²) in [7, 11) is -3.09. The van der Waals surface area contributed by atoms with Crippen LogP contribution >= 0.6 is 0 Å². The molecule has 1 saturated heterocycles. The molecule has 0 bridgehead atoms. The van der Waals surface area contributed by atoms with Gasteiger partial charge in [-0.3, -0.25) is 4.79 Å². The van der Waals surface area contributed by atoms with Gasteiger partial charge in [-0.15, -0.1) is 0 Å². The van der Waals surface area contributed by atoms with E-state index < -0.39 is 9.84 Å². The van der Waals surface area contributed by atoms with Crippen molar-refractivity contribution in [3.05, 3.63) is 76.7 Å². The molecule has 164 valence electrons. The number of fused-ring (bicyclic) bond motifs is 2. The quantitative estimate of drug-likeness (QED) is 0.650. The average Bonchev–Trinajstić information content (AvgIpc) is 3.12. The number of sulfone groups is 1. The Bertz CT molecular complexity index is 1350. The molecule has 0 spiro atoms. The highest BCUT2D eigenvalue weighted by molar-refractivity contribution is 7.91. The van der Waals surface area contributed by atoms with E-state index in [1.54, 1.807) is 12.1 Å². The maximum absolute atomic E-state index is 13.4. The first kappa shape index (κ1) is 20.8. The maximum atomic E-state index is 13.4. The number of hydrogen-bond acceptors (Lipinski definition) is 4. The Morgan fingerprint density at radius 1 is 1.09 bits per heavy atom. The lowest BCUT2D eigenvalue weighted by Gasteiger charge is -2.23. The molecule has 1 aliphatic heterocycles. The number of aromatic nitrogens is 1. The van der Waals surface area contributed by atoms with Crippen molar-refractivity contribution in [2.24, 2.45) is 0 Å². The summed E-state index contributed by atoms with van der Waals surface area (Å²) in [6, 6.07) is 13.5. The van der Waals surface area contributed by atoms with Crippen LogP contribution in [-0.2, 0) is 16.3 Å². The number of rotatable bonds is 3. The molecule has 3 aromatic rings. The minimum absolute atomic E-state index is 0.0142. The van der Waals surface area contributed by atoms with Gasteiger partial charge in [0.1, 0.15) is 5.82 Å². The molecule has 1 amide bonds. The van der Waals surface area contributed by atoms with Crippen LogP contribution in [0.4, 0.5) is 4.39 Å². The highest BCUT2D eigenvalue weighted by Crippen LogP contribution is 2.36. The van der Waals surface area contributed by atoms with Gasteiger partial charge in [0.2, 0.25) is 0 Å². The van der Waals surface area contributed by atoms with Gasteiger partial charge in [-0.1, -0.05) is 30.3 Å². The van der Waals surface area contributed by atoms with E-state index in [9.17, 15) is 17.6 Å². The number of halogens is 1. The monoisotopic (exact) mass is 450 g/mol. The zero-order chi connectivity index (χ0) is 22.3. The van der Waals surface area contributed by atoms with Crippen LogP contribution in [0.15, 0.2) is 48.5 Å². The van der Waals surface area contributed by atoms with Crippen LogP contribution in [0.1, 0.15) is 46.4 Å². The number of pyridine rings is 1. The fourth-order valence-corrected chi connectivity index (χ4v) is 6.33. The molecule has 2 heterocycles. The first-order chi connectivity index (χ1) is 15.4. The van der Waals surface area contributed by atoms with E-state index in [0.717, 1.165) is 52.6 Å². The van der Waals surface area contributed by atoms with Crippen LogP contribution in [0.25, 0.3) is 22.6 Å². The molecule has 1 unspecified atom stereocenters. The standard InChI is InChI=1S/C25H23FN2O3S/c26-18-10-8-16(9-11-18)14-17-4-3-6-21-23(20-5-1-2-7-22(20)28-24(17)21)25(29)27-19-12-13-32(30,31)15-19/h1-2,5,7-11,14,19H,3-4,6,12-13,15H2,(H,27,29)/b17-14-. The van der Waals surface area contributed by atoms with E-state index in [4.69, 9.17) is 4.98 Å². The third-order valence-corrected chi connectivity index (χ3v) is 7.94. The molecule has 5 nitrogen and oxygen atoms in total. The van der Waals surface area contributed by atoms with Crippen LogP contribution < -0.4 is 5.32 Å². The van der Waals surface area contributed by atoms with Crippen molar-refractivity contribution in [2.75, 3.05) is 11.5 Å². The SMILES string of the molecule is O=C(NC1CCS(=O)(=O)C1)c1c2c(nc3ccccc13)/C(=C\c1ccc(F)cc1)CCC2. The van der Waals surface area contributed by atoms with Crippen molar-refractivity contribution < 1.29 is 17.6 Å². The van der Waals surface area contributed by atoms with Gasteiger partial charge in [-0.2, -0.15) is 0 Å². The first-order valence-electron chi connectivity index (χ1n) is 10.8. The largest absolute Gasteiger partial charge is 0.348 e. The van der Waals surface area contributed by atoms with E-state index in [-0.39, 0.29) is 29.3 Å². The van der Waals surface area contributed by atoms with Crippen molar-refractivity contribution in [2.45, 2.75) is 31.7 Å². The van der Waals surface area contributed by atoms with Crippen LogP contribution in [0.3, 0.4) is 0 Å². The lowest BCUT2D eigenvalue weighted by molar-refractivity contribution is 0.0941. The maximum Gasteiger partial charge on any atom is 0.252 e. The van der Waals surface area contributed by atoms with Crippen molar-refractivity contribution in [1.82, 2.24) is 10.3 Å². The van der Waals surface area contributed by atoms with Crippen molar-refractivity contribution in [3.8, 4) is 0 Å². The topological polar surface area (TPSA) is 76.1 Å². The van der Waals surface area contributed by atoms with Crippen molar-refractivity contribution >= 4 is 38.3 Å². The number of nitrogens with zero attached hydrogens (tertiary/aromatic N) is 1. The molecule has 0 radical (unpaired) electrons. The summed E-state index contributed by atoms with van der Waals surface area (Å²) >= 11 is 0. The molecule has 1 fully saturated rings. The van der Waals surface area contributed by atoms with Gasteiger partial charge in [-0.05, 0) is 66.7 Å². The predicted octanol–water partition coefficient (Wildman–Crippen LogP) is 4.17. The smallest absolute Gasteiger partial charge is 0.252 e. The fraction of sp³-hybridized carbons (Fsp3) is 0.280. The molecule has 2 aliphatic rings. The fourth-order valence-electron chi connectivity index (χ4n) is 4.66. The highest BCUT2D eigenvalue weighted by Gasteiger charge is 2.31. The molecule has 2 aromatic carbocycles. The highest BCUT2D eigenvalue weighted by atomic mass is 32.2. The summed E-state index contributed by atoms with van der Waals surface area (Å²) in [6.45, 7) is 0. The number of hydrogen-bond donors (Lipinski definition) is 1. The minimum atomic E-state index is -3.09. The summed E-state index contributed by atoms with van der Waals surface area (Å²) < 4.78 is 37.0. The van der Waals surface area contributed by atoms with Gasteiger partial charge in [0, 0.05) is 11.4 Å². The summed E-state index contributed by atoms with van der Waals surface area (Å²) in [6.07, 6.45) is 4.86. The molecular weight excluding hydrogens is 427 g/mol. The Morgan fingerprint density at radius 2 is 1.88 bits per heavy atom. The Labute approximate surface area is 186 Å². The van der Waals surface area contributed by atoms with Crippen LogP contribution in [-0.4, -0.2) is 36.9 Å². The molecular formula is C25H23FN2O3S. The second kappa shape index (κ2) is 8.13. The van der Waals surface area contributed by atoms with Gasteiger partial charge >= 0.3 is 0 Å². The van der Waals surface area contributed by atoms with Gasteiger partial charge in [0.05, 0.1) is 28.3 Å². The van der Waals surface area contributed by atoms with E-state index >= 15 is 0 Å². The average molecular weight is 451 g/mol. The van der Waals surface area contributed by atoms with Gasteiger partial charge < -0.3 is 5.32 Å². The minimum Gasteiger partial charge on any atom is -0.348 e. The number of amides is 1. The van der Waals surface area contributed by atoms with Crippen LogP contribution in [0.5, 0.6) is 0 Å². The molecule has 5 rings (SSSR count). The number of carbonyl (C=O) groups excluding carboxylic acids is 1. The van der Waals surface area contributed by atoms with E-state index in [1.165, 1.54) is 12.1 Å². The van der Waals surface area contributed by atoms with Crippen molar-refractivity contribution in [1.29, 1.82) is 0 Å². The lowest BCUT2D eigenvalue weighted by atomic mass is 9.85. The molecule has 1 atom stereocenters. The second-order valence-corrected chi connectivity index (χ2v) is 10.7. The molecule has 1 N–H and O–H groups in total. The van der Waals surface area contributed by atoms with E-state index in [0.29, 0.717) is 12.0 Å². The lowest BCUT2D eigenvalue weighted by Crippen LogP contribution is -2.36. The van der Waals surface area contributed by atoms with E-state index in [2.05, 4.69) is 5.32 Å². The van der Waals surface area contributed by atoms with Crippen LogP contribution in [0.2, 0.25) is 0 Å². The molecule has 1 aliphatic carbocycles. The molecule has 32 heavy (non-hydrogen) atoms. The summed E-state index contributed by atoms with van der Waals surface area (Å²) in [5.74, 6) is -0.435. The first-order valence-corrected chi connectivity index (χ1v) is 12.6. The summed E-state index contributed by atoms with van der Waals surface area (Å²) in [4.78, 5) is 18.3. The van der Waals surface area contributed by atoms with Gasteiger partial charge in [0.25, 0.3) is 5.91 Å². The number of allylic oxidation sites excluding steroid dienone is 1. The Kier molecular flexibility index (Phi) is 5.29. The van der Waals surface area contributed by atoms with Gasteiger partial charge in [0.15, 0.2) is 9.84 Å². The third-order valence-electron chi connectivity index (χ3n) is 6.18. The Balaban J connectivity index is 1.60. The molecule has 1 aromatic heterocycles. The summed E-state index contributed by atoms with van der Waals surface area (Å²) in [5, 5.41) is 3.73. The summed E-state index contributed by atoms with van der Waals surface area (Å²) in [5.41, 5.74) is 4.89. The third kappa shape index (κ3) is 4.05. The zero-order valence-corrected chi connectivity index (χ0v) is 18.3. The number of benzene rings is 2. The zero-order valence-electron chi connectivity index (χ0n) is 17.5. The van der Waals surface area contributed by atoms with E-state index in [1.807, 2.05) is 30.3 Å². The Morgan fingerprint density at radius 3 is 2.62 bits per heavy atom. The van der Waals surface area contributed by atoms with Crippen LogP contribution in [0, 0.1) is 5.82 Å². The Hall–Kier alpha value is -3.06. The number of para-hydroxylation sites is 1. The molecule has 7 heteroatoms.